The van der Waals surface area contributed by atoms with E-state index in [0.29, 0.717) is 43.4 Å². The molecule has 2 aromatic rings. The van der Waals surface area contributed by atoms with E-state index >= 15 is 0 Å². The number of nitrogens with one attached hydrogen (secondary N) is 1. The number of aliphatic hydroxyl groups excluding tert-OH is 1. The van der Waals surface area contributed by atoms with E-state index in [2.05, 4.69) is 60.5 Å². The Balaban J connectivity index is 2.11. The molecule has 9 nitrogen and oxygen atoms in total. The van der Waals surface area contributed by atoms with Gasteiger partial charge in [-0.15, -0.1) is 0 Å². The van der Waals surface area contributed by atoms with Gasteiger partial charge in [-0.05, 0) is 60.5 Å². The molecule has 13 heteroatoms. The summed E-state index contributed by atoms with van der Waals surface area (Å²) in [7, 11) is -6.33. The Morgan fingerprint density at radius 3 is 2.19 bits per heavy atom. The minimum absolute atomic E-state index is 0.00703. The number of benzene rings is 2. The Labute approximate surface area is 269 Å². The van der Waals surface area contributed by atoms with E-state index in [9.17, 15) is 13.5 Å². The zero-order valence-electron chi connectivity index (χ0n) is 27.0. The van der Waals surface area contributed by atoms with Gasteiger partial charge in [-0.1, -0.05) is 61.3 Å². The molecule has 0 amide bonds. The van der Waals surface area contributed by atoms with E-state index in [4.69, 9.17) is 18.9 Å². The van der Waals surface area contributed by atoms with Crippen LogP contribution in [0.1, 0.15) is 17.2 Å². The molecule has 0 aliphatic carbocycles. The maximum Gasteiger partial charge on any atom is 0.234 e. The molecule has 43 heavy (non-hydrogen) atoms. The fourth-order valence-corrected chi connectivity index (χ4v) is 6.30. The van der Waals surface area contributed by atoms with E-state index in [1.165, 1.54) is 4.31 Å². The van der Waals surface area contributed by atoms with Gasteiger partial charge < -0.3 is 29.4 Å². The molecule has 0 heterocycles. The number of anilines is 1. The van der Waals surface area contributed by atoms with Crippen molar-refractivity contribution in [2.75, 3.05) is 57.0 Å². The second kappa shape index (κ2) is 17.3. The van der Waals surface area contributed by atoms with Crippen LogP contribution < -0.4 is 19.1 Å². The molecule has 2 N–H and O–H groups in total. The quantitative estimate of drug-likeness (QED) is 0.0944. The zero-order valence-corrected chi connectivity index (χ0v) is 31.4. The molecule has 0 spiro atoms. The van der Waals surface area contributed by atoms with Crippen LogP contribution in [0.2, 0.25) is 51.4 Å². The van der Waals surface area contributed by atoms with Gasteiger partial charge in [0.2, 0.25) is 10.0 Å². The van der Waals surface area contributed by atoms with Gasteiger partial charge in [-0.3, -0.25) is 0 Å². The van der Waals surface area contributed by atoms with Crippen molar-refractivity contribution in [1.29, 1.82) is 0 Å². The van der Waals surface area contributed by atoms with E-state index in [1.807, 2.05) is 25.1 Å². The topological polar surface area (TPSA) is 107 Å². The highest BCUT2D eigenvalue weighted by Gasteiger charge is 2.24. The third kappa shape index (κ3) is 14.9. The lowest BCUT2D eigenvalue weighted by Gasteiger charge is -2.26. The van der Waals surface area contributed by atoms with Crippen LogP contribution in [0, 0.1) is 6.92 Å². The molecule has 2 rings (SSSR count). The predicted octanol–water partition coefficient (Wildman–Crippen LogP) is 6.23. The lowest BCUT2D eigenvalue weighted by molar-refractivity contribution is 0.0222. The third-order valence-corrected chi connectivity index (χ3v) is 12.0. The smallest absolute Gasteiger partial charge is 0.234 e. The molecular weight excluding hydrogens is 668 g/mol. The van der Waals surface area contributed by atoms with Crippen LogP contribution in [-0.4, -0.2) is 82.4 Å². The first-order valence-corrected chi connectivity index (χ1v) is 24.7. The Morgan fingerprint density at radius 1 is 0.930 bits per heavy atom. The van der Waals surface area contributed by atoms with E-state index in [1.54, 1.807) is 18.2 Å². The Hall–Kier alpha value is -1.46. The number of halogens is 1. The lowest BCUT2D eigenvalue weighted by Crippen LogP contribution is -2.34. The van der Waals surface area contributed by atoms with Gasteiger partial charge in [-0.25, -0.2) is 12.7 Å². The zero-order chi connectivity index (χ0) is 32.3. The maximum absolute atomic E-state index is 12.9. The SMILES string of the molecule is Cc1cc(OCCNCC(O)c2ccc(OCOCC[Si](C)(C)C)c(N(COCC[Si](C)(C)C)S(C)(=O)=O)c2)ccc1Br. The molecule has 0 saturated carbocycles. The van der Waals surface area contributed by atoms with Crippen LogP contribution in [0.5, 0.6) is 11.5 Å². The van der Waals surface area contributed by atoms with Gasteiger partial charge in [-0.2, -0.15) is 0 Å². The summed E-state index contributed by atoms with van der Waals surface area (Å²) < 4.78 is 51.3. The highest BCUT2D eigenvalue weighted by molar-refractivity contribution is 9.10. The molecule has 1 atom stereocenters. The summed E-state index contributed by atoms with van der Waals surface area (Å²) >= 11 is 3.49. The molecule has 0 aliphatic rings. The normalized spacial score (nSPS) is 13.2. The van der Waals surface area contributed by atoms with Gasteiger partial charge in [0.15, 0.2) is 6.79 Å². The molecule has 2 aromatic carbocycles. The molecule has 0 radical (unpaired) electrons. The highest BCUT2D eigenvalue weighted by atomic mass is 79.9. The average molecular weight is 720 g/mol. The largest absolute Gasteiger partial charge is 0.492 e. The first-order chi connectivity index (χ1) is 20.0. The van der Waals surface area contributed by atoms with Gasteiger partial charge in [0, 0.05) is 46.9 Å². The van der Waals surface area contributed by atoms with Crippen LogP contribution in [0.15, 0.2) is 40.9 Å². The number of aliphatic hydroxyl groups is 1. The molecular formula is C30H51BrN2O7SSi2. The fraction of sp³-hybridized carbons (Fsp3) is 0.600. The summed E-state index contributed by atoms with van der Waals surface area (Å²) in [6, 6.07) is 12.8. The predicted molar refractivity (Wildman–Crippen MR) is 185 cm³/mol. The summed E-state index contributed by atoms with van der Waals surface area (Å²) in [4.78, 5) is 0. The number of nitrogens with zero attached hydrogens (tertiary/aromatic N) is 1. The Kier molecular flexibility index (Phi) is 15.2. The average Bonchev–Trinajstić information content (AvgIpc) is 2.88. The van der Waals surface area contributed by atoms with Crippen LogP contribution in [0.4, 0.5) is 5.69 Å². The summed E-state index contributed by atoms with van der Waals surface area (Å²) in [5, 5.41) is 14.2. The second-order valence-electron chi connectivity index (χ2n) is 13.1. The van der Waals surface area contributed by atoms with Gasteiger partial charge in [0.25, 0.3) is 0 Å². The molecule has 1 unspecified atom stereocenters. The number of rotatable bonds is 20. The minimum atomic E-state index is -3.72. The summed E-state index contributed by atoms with van der Waals surface area (Å²) in [6.07, 6.45) is 0.255. The van der Waals surface area contributed by atoms with Crippen LogP contribution in [0.25, 0.3) is 0 Å². The van der Waals surface area contributed by atoms with E-state index in [-0.39, 0.29) is 20.1 Å². The van der Waals surface area contributed by atoms with Gasteiger partial charge in [0.05, 0.1) is 18.0 Å². The van der Waals surface area contributed by atoms with Crippen molar-refractivity contribution in [2.45, 2.75) is 64.4 Å². The first kappa shape index (κ1) is 37.7. The minimum Gasteiger partial charge on any atom is -0.492 e. The molecule has 0 fully saturated rings. The number of sulfonamides is 1. The van der Waals surface area contributed by atoms with Crippen LogP contribution >= 0.6 is 15.9 Å². The molecule has 0 bridgehead atoms. The molecule has 0 aromatic heterocycles. The summed E-state index contributed by atoms with van der Waals surface area (Å²) in [5.74, 6) is 1.12. The van der Waals surface area contributed by atoms with Gasteiger partial charge in [0.1, 0.15) is 24.8 Å². The van der Waals surface area contributed by atoms with Crippen molar-refractivity contribution in [1.82, 2.24) is 5.32 Å². The fourth-order valence-electron chi connectivity index (χ4n) is 3.78. The number of hydrogen-bond donors (Lipinski definition) is 2. The molecule has 244 valence electrons. The highest BCUT2D eigenvalue weighted by Crippen LogP contribution is 2.33. The monoisotopic (exact) mass is 718 g/mol. The standard InChI is InChI=1S/C30H51BrN2O7SSi2/c1-24-19-26(10-11-27(24)31)39-14-13-32-21-29(34)25-9-12-30(40-23-38-16-18-43(6,7)8)28(20-25)33(41(2,35)36)22-37-15-17-42(3,4)5/h9-12,19-20,29,32,34H,13-18,21-23H2,1-8H3. The van der Waals surface area contributed by atoms with E-state index in [0.717, 1.165) is 34.1 Å². The summed E-state index contributed by atoms with van der Waals surface area (Å²) in [5.41, 5.74) is 1.94. The third-order valence-electron chi connectivity index (χ3n) is 6.55. The number of ether oxygens (including phenoxy) is 4. The number of aryl methyl sites for hydroxylation is 1. The van der Waals surface area contributed by atoms with Gasteiger partial charge >= 0.3 is 0 Å². The second-order valence-corrected chi connectivity index (χ2v) is 27.2. The lowest BCUT2D eigenvalue weighted by atomic mass is 10.1. The Bertz CT molecular complexity index is 1250. The van der Waals surface area contributed by atoms with Crippen molar-refractivity contribution >= 4 is 47.8 Å². The van der Waals surface area contributed by atoms with Crippen molar-refractivity contribution in [3.8, 4) is 11.5 Å². The first-order valence-electron chi connectivity index (χ1n) is 14.6. The van der Waals surface area contributed by atoms with Crippen molar-refractivity contribution in [3.63, 3.8) is 0 Å². The van der Waals surface area contributed by atoms with Crippen molar-refractivity contribution in [2.24, 2.45) is 0 Å². The maximum atomic E-state index is 12.9. The Morgan fingerprint density at radius 2 is 1.58 bits per heavy atom. The van der Waals surface area contributed by atoms with Crippen molar-refractivity contribution in [3.05, 3.63) is 52.0 Å². The van der Waals surface area contributed by atoms with E-state index < -0.39 is 32.3 Å². The molecule has 0 aliphatic heterocycles. The summed E-state index contributed by atoms with van der Waals surface area (Å²) in [6.45, 7) is 17.6. The molecule has 0 saturated heterocycles. The van der Waals surface area contributed by atoms with Crippen LogP contribution in [0.3, 0.4) is 0 Å². The van der Waals surface area contributed by atoms with Crippen molar-refractivity contribution < 1.29 is 32.5 Å². The van der Waals surface area contributed by atoms with Crippen LogP contribution in [-0.2, 0) is 19.5 Å². The number of hydrogen-bond acceptors (Lipinski definition) is 8.